The average Bonchev–Trinajstić information content (AvgIpc) is 3.42. The number of amides is 2. The molecule has 4 heterocycles. The number of aromatic nitrogens is 5. The number of nitrogens with one attached hydrogen (secondary N) is 2. The van der Waals surface area contributed by atoms with Crippen molar-refractivity contribution in [3.8, 4) is 17.2 Å². The van der Waals surface area contributed by atoms with Crippen LogP contribution in [0.15, 0.2) is 67.3 Å². The Balaban J connectivity index is 1.17. The quantitative estimate of drug-likeness (QED) is 0.146. The zero-order valence-electron chi connectivity index (χ0n) is 27.8. The lowest BCUT2D eigenvalue weighted by molar-refractivity contribution is -0.337. The number of hydrogen-bond donors (Lipinski definition) is 2. The lowest BCUT2D eigenvalue weighted by Crippen LogP contribution is -2.32. The molecular formula is C36H43N10O2+. The number of nitriles is 1. The first-order valence-corrected chi connectivity index (χ1v) is 16.7. The fourth-order valence-corrected chi connectivity index (χ4v) is 6.58. The van der Waals surface area contributed by atoms with E-state index in [4.69, 9.17) is 14.7 Å². The van der Waals surface area contributed by atoms with Gasteiger partial charge in [0.25, 0.3) is 5.82 Å². The van der Waals surface area contributed by atoms with Crippen LogP contribution in [0.5, 0.6) is 0 Å². The van der Waals surface area contributed by atoms with Crippen molar-refractivity contribution >= 4 is 29.3 Å². The fraction of sp³-hybridized carbons (Fsp3) is 0.417. The van der Waals surface area contributed by atoms with Crippen LogP contribution in [0.25, 0.3) is 11.1 Å². The molecule has 2 N–H and O–H groups in total. The highest BCUT2D eigenvalue weighted by atomic mass is 16.5. The molecule has 12 nitrogen and oxygen atoms in total. The molecule has 1 aliphatic heterocycles. The second-order valence-corrected chi connectivity index (χ2v) is 12.4. The molecule has 12 heteroatoms. The van der Waals surface area contributed by atoms with Gasteiger partial charge in [0.15, 0.2) is 5.82 Å². The monoisotopic (exact) mass is 647 g/mol. The summed E-state index contributed by atoms with van der Waals surface area (Å²) in [6.45, 7) is 4.79. The van der Waals surface area contributed by atoms with Gasteiger partial charge in [-0.2, -0.15) is 19.9 Å². The van der Waals surface area contributed by atoms with Gasteiger partial charge in [-0.15, -0.1) is 4.98 Å². The van der Waals surface area contributed by atoms with Crippen molar-refractivity contribution in [2.45, 2.75) is 51.7 Å². The predicted molar refractivity (Wildman–Crippen MR) is 184 cm³/mol. The number of rotatable bonds is 13. The van der Waals surface area contributed by atoms with Crippen LogP contribution in [0.2, 0.25) is 0 Å². The van der Waals surface area contributed by atoms with Gasteiger partial charge in [-0.25, -0.2) is 9.78 Å². The van der Waals surface area contributed by atoms with Crippen LogP contribution in [0.4, 0.5) is 22.4 Å². The molecule has 1 saturated heterocycles. The second-order valence-electron chi connectivity index (χ2n) is 12.4. The number of carbonyl (C=O) groups is 1. The Bertz CT molecular complexity index is 1780. The maximum atomic E-state index is 13.9. The molecule has 3 aromatic heterocycles. The van der Waals surface area contributed by atoms with E-state index in [0.717, 1.165) is 61.1 Å². The van der Waals surface area contributed by atoms with Crippen LogP contribution in [0, 0.1) is 23.2 Å². The van der Waals surface area contributed by atoms with Gasteiger partial charge in [-0.05, 0) is 37.3 Å². The molecule has 0 bridgehead atoms. The summed E-state index contributed by atoms with van der Waals surface area (Å²) in [6, 6.07) is 15.9. The van der Waals surface area contributed by atoms with Crippen LogP contribution >= 0.6 is 0 Å². The van der Waals surface area contributed by atoms with E-state index >= 15 is 0 Å². The van der Waals surface area contributed by atoms with Gasteiger partial charge < -0.3 is 15.0 Å². The van der Waals surface area contributed by atoms with Crippen molar-refractivity contribution in [3.05, 3.63) is 78.4 Å². The highest BCUT2D eigenvalue weighted by Gasteiger charge is 2.50. The molecule has 0 spiro atoms. The molecule has 4 aromatic rings. The SMILES string of the molecule is CCCC1/C(=[N+](/C(=O)NCc2ccccc2)c2ccc(-c3cnn(C)c3)cn2)C1CCCNc1ncc(C#N)c(N2CCC(OC)C2)n1. The van der Waals surface area contributed by atoms with Crippen molar-refractivity contribution in [2.24, 2.45) is 18.9 Å². The molecule has 0 radical (unpaired) electrons. The van der Waals surface area contributed by atoms with E-state index in [1.54, 1.807) is 22.6 Å². The third-order valence-electron chi connectivity index (χ3n) is 9.14. The number of hydrogen-bond acceptors (Lipinski definition) is 9. The number of benzene rings is 1. The topological polar surface area (TPSA) is 137 Å². The summed E-state index contributed by atoms with van der Waals surface area (Å²) < 4.78 is 9.07. The molecular weight excluding hydrogens is 604 g/mol. The minimum atomic E-state index is -0.173. The molecule has 3 atom stereocenters. The molecule has 248 valence electrons. The van der Waals surface area contributed by atoms with Gasteiger partial charge in [-0.3, -0.25) is 10.00 Å². The molecule has 6 rings (SSSR count). The summed E-state index contributed by atoms with van der Waals surface area (Å²) in [5, 5.41) is 20.4. The van der Waals surface area contributed by atoms with E-state index in [9.17, 15) is 10.1 Å². The Morgan fingerprint density at radius 2 is 1.92 bits per heavy atom. The van der Waals surface area contributed by atoms with E-state index in [-0.39, 0.29) is 18.1 Å². The summed E-state index contributed by atoms with van der Waals surface area (Å²) in [6.07, 6.45) is 12.0. The first kappa shape index (κ1) is 32.8. The number of urea groups is 1. The molecule has 2 aliphatic rings. The molecule has 2 amide bonds. The Morgan fingerprint density at radius 3 is 2.60 bits per heavy atom. The van der Waals surface area contributed by atoms with E-state index in [1.165, 1.54) is 0 Å². The number of carbonyl (C=O) groups excluding carboxylic acids is 1. The lowest BCUT2D eigenvalue weighted by Gasteiger charge is -2.19. The van der Waals surface area contributed by atoms with E-state index < -0.39 is 0 Å². The molecule has 2 fully saturated rings. The minimum Gasteiger partial charge on any atom is -0.380 e. The van der Waals surface area contributed by atoms with Crippen molar-refractivity contribution < 1.29 is 14.1 Å². The predicted octanol–water partition coefficient (Wildman–Crippen LogP) is 5.30. The number of pyridine rings is 1. The van der Waals surface area contributed by atoms with E-state index in [2.05, 4.69) is 38.6 Å². The van der Waals surface area contributed by atoms with Crippen LogP contribution in [0.3, 0.4) is 0 Å². The first-order valence-electron chi connectivity index (χ1n) is 16.7. The third-order valence-corrected chi connectivity index (χ3v) is 9.14. The van der Waals surface area contributed by atoms with E-state index in [1.807, 2.05) is 68.1 Å². The van der Waals surface area contributed by atoms with Crippen LogP contribution < -0.4 is 15.5 Å². The summed E-state index contributed by atoms with van der Waals surface area (Å²) >= 11 is 0. The summed E-state index contributed by atoms with van der Waals surface area (Å²) in [5.74, 6) is 2.34. The summed E-state index contributed by atoms with van der Waals surface area (Å²) in [7, 11) is 3.60. The normalized spacial score (nSPS) is 19.5. The van der Waals surface area contributed by atoms with Crippen molar-refractivity contribution in [1.29, 1.82) is 5.26 Å². The van der Waals surface area contributed by atoms with Gasteiger partial charge in [-0.1, -0.05) is 43.7 Å². The molecule has 1 aromatic carbocycles. The van der Waals surface area contributed by atoms with Gasteiger partial charge in [0, 0.05) is 69.0 Å². The smallest absolute Gasteiger partial charge is 0.380 e. The molecule has 1 aliphatic carbocycles. The first-order chi connectivity index (χ1) is 23.5. The Morgan fingerprint density at radius 1 is 1.08 bits per heavy atom. The molecule has 3 unspecified atom stereocenters. The number of aryl methyl sites for hydroxylation is 1. The van der Waals surface area contributed by atoms with Crippen molar-refractivity contribution in [1.82, 2.24) is 30.0 Å². The van der Waals surface area contributed by atoms with Crippen LogP contribution in [-0.4, -0.2) is 73.9 Å². The zero-order chi connectivity index (χ0) is 33.5. The number of anilines is 2. The highest BCUT2D eigenvalue weighted by Crippen LogP contribution is 2.43. The fourth-order valence-electron chi connectivity index (χ4n) is 6.58. The van der Waals surface area contributed by atoms with E-state index in [0.29, 0.717) is 48.7 Å². The number of methoxy groups -OCH3 is 1. The number of ether oxygens (including phenoxy) is 1. The summed E-state index contributed by atoms with van der Waals surface area (Å²) in [4.78, 5) is 29.8. The third kappa shape index (κ3) is 7.52. The highest BCUT2D eigenvalue weighted by molar-refractivity contribution is 6.03. The van der Waals surface area contributed by atoms with Crippen LogP contribution in [0.1, 0.15) is 50.2 Å². The van der Waals surface area contributed by atoms with Crippen molar-refractivity contribution in [2.75, 3.05) is 37.0 Å². The number of nitrogens with zero attached hydrogens (tertiary/aromatic N) is 8. The Hall–Kier alpha value is -5.15. The Kier molecular flexibility index (Phi) is 10.4. The second kappa shape index (κ2) is 15.2. The zero-order valence-corrected chi connectivity index (χ0v) is 27.8. The van der Waals surface area contributed by atoms with Crippen LogP contribution in [-0.2, 0) is 18.3 Å². The maximum absolute atomic E-state index is 13.9. The van der Waals surface area contributed by atoms with Gasteiger partial charge in [0.2, 0.25) is 5.95 Å². The van der Waals surface area contributed by atoms with Crippen molar-refractivity contribution in [3.63, 3.8) is 0 Å². The molecule has 1 saturated carbocycles. The average molecular weight is 648 g/mol. The maximum Gasteiger partial charge on any atom is 0.441 e. The van der Waals surface area contributed by atoms with Gasteiger partial charge >= 0.3 is 6.03 Å². The molecule has 48 heavy (non-hydrogen) atoms. The Labute approximate surface area is 281 Å². The van der Waals surface area contributed by atoms with Gasteiger partial charge in [0.1, 0.15) is 17.8 Å². The van der Waals surface area contributed by atoms with Gasteiger partial charge in [0.05, 0.1) is 30.8 Å². The minimum absolute atomic E-state index is 0.136. The summed E-state index contributed by atoms with van der Waals surface area (Å²) in [5.41, 5.74) is 4.53. The largest absolute Gasteiger partial charge is 0.441 e. The lowest BCUT2D eigenvalue weighted by atomic mass is 10.1. The standard InChI is InChI=1S/C36H42N10O2/c1-4-9-30-31(12-8-16-38-35-40-21-27(18-37)34(43-35)45-17-15-29(24-45)48-3)33(30)46(36(47)41-19-25-10-6-5-7-11-25)32-14-13-26(20-39-32)28-22-42-44(2)23-28/h5-7,10-11,13-14,20-23,29-31H,4,8-9,12,15-17,19,24H2,1-3H3,(H-,38,40,41,43,47)/p+1/b46-33-.